The highest BCUT2D eigenvalue weighted by atomic mass is 32.1. The topological polar surface area (TPSA) is 78.8 Å². The van der Waals surface area contributed by atoms with Gasteiger partial charge in [-0.3, -0.25) is 0 Å². The average molecular weight is 348 g/mol. The second-order valence-corrected chi connectivity index (χ2v) is 6.57. The highest BCUT2D eigenvalue weighted by Crippen LogP contribution is 2.31. The van der Waals surface area contributed by atoms with Crippen molar-refractivity contribution < 1.29 is 14.6 Å². The first-order valence-corrected chi connectivity index (χ1v) is 8.71. The monoisotopic (exact) mass is 348 g/mol. The van der Waals surface area contributed by atoms with Crippen LogP contribution in [0.5, 0.6) is 5.75 Å². The van der Waals surface area contributed by atoms with E-state index >= 15 is 0 Å². The number of piperazine rings is 1. The molecule has 0 saturated carbocycles. The lowest BCUT2D eigenvalue weighted by Gasteiger charge is -2.38. The van der Waals surface area contributed by atoms with Crippen LogP contribution < -0.4 is 9.64 Å². The predicted molar refractivity (Wildman–Crippen MR) is 92.9 cm³/mol. The van der Waals surface area contributed by atoms with Gasteiger partial charge in [0, 0.05) is 31.2 Å². The second-order valence-electron chi connectivity index (χ2n) is 5.62. The van der Waals surface area contributed by atoms with Gasteiger partial charge in [0.05, 0.1) is 6.61 Å². The Morgan fingerprint density at radius 3 is 2.71 bits per heavy atom. The highest BCUT2D eigenvalue weighted by molar-refractivity contribution is 7.18. The lowest BCUT2D eigenvalue weighted by molar-refractivity contribution is 0.136. The Morgan fingerprint density at radius 1 is 1.33 bits per heavy atom. The predicted octanol–water partition coefficient (Wildman–Crippen LogP) is 2.79. The van der Waals surface area contributed by atoms with Crippen molar-refractivity contribution in [3.8, 4) is 16.3 Å². The van der Waals surface area contributed by atoms with Crippen molar-refractivity contribution in [3.63, 3.8) is 0 Å². The molecule has 1 N–H and O–H groups in total. The SMILES string of the molecule is CCOc1ccc(-c2nnc(N3CCN(C(=O)O)C[C@@H]3C)s2)cc1. The van der Waals surface area contributed by atoms with Crippen LogP contribution in [0, 0.1) is 0 Å². The lowest BCUT2D eigenvalue weighted by Crippen LogP contribution is -2.53. The molecule has 1 aromatic heterocycles. The number of nitrogens with zero attached hydrogens (tertiary/aromatic N) is 4. The van der Waals surface area contributed by atoms with Gasteiger partial charge >= 0.3 is 6.09 Å². The van der Waals surface area contributed by atoms with Crippen LogP contribution in [0.1, 0.15) is 13.8 Å². The average Bonchev–Trinajstić information content (AvgIpc) is 3.05. The fourth-order valence-corrected chi connectivity index (χ4v) is 3.70. The van der Waals surface area contributed by atoms with E-state index in [1.54, 1.807) is 0 Å². The summed E-state index contributed by atoms with van der Waals surface area (Å²) < 4.78 is 5.45. The molecule has 2 heterocycles. The van der Waals surface area contributed by atoms with E-state index in [1.807, 2.05) is 38.1 Å². The van der Waals surface area contributed by atoms with Crippen LogP contribution >= 0.6 is 11.3 Å². The molecule has 1 aliphatic heterocycles. The summed E-state index contributed by atoms with van der Waals surface area (Å²) in [6.45, 7) is 6.20. The Kier molecular flexibility index (Phi) is 4.84. The number of hydrogen-bond acceptors (Lipinski definition) is 6. The minimum absolute atomic E-state index is 0.0796. The Morgan fingerprint density at radius 2 is 2.08 bits per heavy atom. The molecule has 0 bridgehead atoms. The molecule has 1 aliphatic rings. The van der Waals surface area contributed by atoms with Gasteiger partial charge in [0.2, 0.25) is 5.13 Å². The van der Waals surface area contributed by atoms with Crippen LogP contribution in [0.25, 0.3) is 10.6 Å². The fraction of sp³-hybridized carbons (Fsp3) is 0.438. The molecule has 128 valence electrons. The zero-order chi connectivity index (χ0) is 17.1. The first-order valence-electron chi connectivity index (χ1n) is 7.89. The van der Waals surface area contributed by atoms with Gasteiger partial charge in [-0.25, -0.2) is 4.79 Å². The van der Waals surface area contributed by atoms with E-state index in [1.165, 1.54) is 16.2 Å². The number of rotatable bonds is 4. The molecule has 1 fully saturated rings. The third kappa shape index (κ3) is 3.43. The summed E-state index contributed by atoms with van der Waals surface area (Å²) >= 11 is 1.52. The number of anilines is 1. The summed E-state index contributed by atoms with van der Waals surface area (Å²) in [6, 6.07) is 7.88. The lowest BCUT2D eigenvalue weighted by atomic mass is 10.2. The first-order chi connectivity index (χ1) is 11.6. The Labute approximate surface area is 144 Å². The third-order valence-electron chi connectivity index (χ3n) is 3.97. The molecular formula is C16H20N4O3S. The largest absolute Gasteiger partial charge is 0.494 e. The molecule has 3 rings (SSSR count). The van der Waals surface area contributed by atoms with Crippen molar-refractivity contribution in [3.05, 3.63) is 24.3 Å². The standard InChI is InChI=1S/C16H20N4O3S/c1-3-23-13-6-4-12(5-7-13)14-17-18-15(24-14)20-9-8-19(16(21)22)10-11(20)2/h4-7,11H,3,8-10H2,1-2H3,(H,21,22)/t11-/m0/s1. The minimum Gasteiger partial charge on any atom is -0.494 e. The third-order valence-corrected chi connectivity index (χ3v) is 4.98. The quantitative estimate of drug-likeness (QED) is 0.915. The molecule has 1 amide bonds. The summed E-state index contributed by atoms with van der Waals surface area (Å²) in [5.41, 5.74) is 0.999. The fourth-order valence-electron chi connectivity index (χ4n) is 2.72. The molecule has 0 aliphatic carbocycles. The van der Waals surface area contributed by atoms with E-state index in [0.717, 1.165) is 21.5 Å². The van der Waals surface area contributed by atoms with Gasteiger partial charge in [0.15, 0.2) is 0 Å². The molecule has 1 saturated heterocycles. The van der Waals surface area contributed by atoms with Crippen molar-refractivity contribution >= 4 is 22.6 Å². The smallest absolute Gasteiger partial charge is 0.407 e. The van der Waals surface area contributed by atoms with Crippen LogP contribution in [0.2, 0.25) is 0 Å². The van der Waals surface area contributed by atoms with E-state index in [-0.39, 0.29) is 6.04 Å². The van der Waals surface area contributed by atoms with Gasteiger partial charge < -0.3 is 19.6 Å². The van der Waals surface area contributed by atoms with Crippen LogP contribution in [0.15, 0.2) is 24.3 Å². The van der Waals surface area contributed by atoms with Crippen molar-refractivity contribution in [1.82, 2.24) is 15.1 Å². The Hall–Kier alpha value is -2.35. The van der Waals surface area contributed by atoms with Crippen molar-refractivity contribution in [1.29, 1.82) is 0 Å². The summed E-state index contributed by atoms with van der Waals surface area (Å²) in [6.07, 6.45) is -0.867. The minimum atomic E-state index is -0.867. The van der Waals surface area contributed by atoms with Gasteiger partial charge in [-0.15, -0.1) is 10.2 Å². The molecule has 0 unspecified atom stereocenters. The zero-order valence-corrected chi connectivity index (χ0v) is 14.5. The molecule has 1 aromatic carbocycles. The second kappa shape index (κ2) is 7.04. The number of carboxylic acid groups (broad SMARTS) is 1. The molecule has 8 heteroatoms. The number of amides is 1. The number of aromatic nitrogens is 2. The van der Waals surface area contributed by atoms with Crippen LogP contribution in [-0.2, 0) is 0 Å². The van der Waals surface area contributed by atoms with E-state index in [9.17, 15) is 4.79 Å². The number of ether oxygens (including phenoxy) is 1. The molecule has 0 radical (unpaired) electrons. The summed E-state index contributed by atoms with van der Waals surface area (Å²) in [7, 11) is 0. The molecule has 2 aromatic rings. The van der Waals surface area contributed by atoms with Gasteiger partial charge in [-0.05, 0) is 38.1 Å². The maximum atomic E-state index is 11.1. The van der Waals surface area contributed by atoms with Crippen LogP contribution in [0.4, 0.5) is 9.93 Å². The Bertz CT molecular complexity index is 704. The first kappa shape index (κ1) is 16.5. The maximum Gasteiger partial charge on any atom is 0.407 e. The molecule has 7 nitrogen and oxygen atoms in total. The van der Waals surface area contributed by atoms with Gasteiger partial charge in [0.25, 0.3) is 0 Å². The number of carbonyl (C=O) groups is 1. The zero-order valence-electron chi connectivity index (χ0n) is 13.7. The van der Waals surface area contributed by atoms with Crippen molar-refractivity contribution in [2.45, 2.75) is 19.9 Å². The molecule has 1 atom stereocenters. The van der Waals surface area contributed by atoms with Gasteiger partial charge in [-0.1, -0.05) is 11.3 Å². The Balaban J connectivity index is 1.72. The van der Waals surface area contributed by atoms with Crippen molar-refractivity contribution in [2.75, 3.05) is 31.1 Å². The molecular weight excluding hydrogens is 328 g/mol. The number of benzene rings is 1. The van der Waals surface area contributed by atoms with Gasteiger partial charge in [0.1, 0.15) is 10.8 Å². The molecule has 0 spiro atoms. The van der Waals surface area contributed by atoms with Crippen LogP contribution in [-0.4, -0.2) is 58.6 Å². The van der Waals surface area contributed by atoms with Gasteiger partial charge in [-0.2, -0.15) is 0 Å². The van der Waals surface area contributed by atoms with E-state index in [0.29, 0.717) is 26.2 Å². The summed E-state index contributed by atoms with van der Waals surface area (Å²) in [4.78, 5) is 14.6. The molecule has 24 heavy (non-hydrogen) atoms. The van der Waals surface area contributed by atoms with E-state index < -0.39 is 6.09 Å². The summed E-state index contributed by atoms with van der Waals surface area (Å²) in [5.74, 6) is 0.837. The van der Waals surface area contributed by atoms with E-state index in [2.05, 4.69) is 15.1 Å². The van der Waals surface area contributed by atoms with E-state index in [4.69, 9.17) is 9.84 Å². The van der Waals surface area contributed by atoms with Crippen LogP contribution in [0.3, 0.4) is 0 Å². The normalized spacial score (nSPS) is 17.8. The summed E-state index contributed by atoms with van der Waals surface area (Å²) in [5, 5.41) is 19.4. The number of hydrogen-bond donors (Lipinski definition) is 1. The van der Waals surface area contributed by atoms with Crippen molar-refractivity contribution in [2.24, 2.45) is 0 Å². The highest BCUT2D eigenvalue weighted by Gasteiger charge is 2.28. The maximum absolute atomic E-state index is 11.1.